The molecule has 0 fully saturated rings. The molecule has 1 N–H and O–H groups in total. The molecule has 0 unspecified atom stereocenters. The van der Waals surface area contributed by atoms with Gasteiger partial charge < -0.3 is 10.1 Å². The number of hydrogen-bond donors (Lipinski definition) is 1. The number of halogens is 1. The van der Waals surface area contributed by atoms with Crippen LogP contribution in [0.5, 0.6) is 5.75 Å². The standard InChI is InChI=1S/C23H17BrN4OS2/c1-30-23-26-22-25-19-15-5-2-3-6-16(15)29-21(17-7-4-12-31-17)18(19)20(28(22)27-23)13-8-10-14(24)11-9-13/h2-12,20-21H,1H3,(H,25,26,27)/t20-,21+/m1/s1. The van der Waals surface area contributed by atoms with Crippen LogP contribution >= 0.6 is 39.0 Å². The van der Waals surface area contributed by atoms with Crippen molar-refractivity contribution in [1.82, 2.24) is 14.8 Å². The minimum atomic E-state index is -0.207. The molecule has 0 bridgehead atoms. The first-order valence-electron chi connectivity index (χ1n) is 9.79. The summed E-state index contributed by atoms with van der Waals surface area (Å²) in [6.45, 7) is 0. The molecule has 8 heteroatoms. The number of nitrogens with zero attached hydrogens (tertiary/aromatic N) is 3. The molecule has 0 saturated heterocycles. The first kappa shape index (κ1) is 19.2. The van der Waals surface area contributed by atoms with Crippen molar-refractivity contribution in [1.29, 1.82) is 0 Å². The van der Waals surface area contributed by atoms with Gasteiger partial charge in [-0.25, -0.2) is 4.68 Å². The Bertz CT molecular complexity index is 1300. The van der Waals surface area contributed by atoms with E-state index in [9.17, 15) is 0 Å². The molecule has 0 aliphatic carbocycles. The average Bonchev–Trinajstić information content (AvgIpc) is 3.47. The molecule has 31 heavy (non-hydrogen) atoms. The molecule has 0 spiro atoms. The highest BCUT2D eigenvalue weighted by Gasteiger charge is 2.41. The molecule has 2 aliphatic heterocycles. The molecule has 5 nitrogen and oxygen atoms in total. The van der Waals surface area contributed by atoms with E-state index in [4.69, 9.17) is 14.8 Å². The van der Waals surface area contributed by atoms with Crippen LogP contribution in [0, 0.1) is 0 Å². The molecular weight excluding hydrogens is 492 g/mol. The number of hydrogen-bond acceptors (Lipinski definition) is 6. The van der Waals surface area contributed by atoms with Gasteiger partial charge in [-0.3, -0.25) is 0 Å². The second-order valence-electron chi connectivity index (χ2n) is 7.29. The third kappa shape index (κ3) is 3.12. The van der Waals surface area contributed by atoms with E-state index in [1.807, 2.05) is 29.1 Å². The van der Waals surface area contributed by atoms with Gasteiger partial charge in [0.1, 0.15) is 11.8 Å². The fourth-order valence-corrected chi connectivity index (χ4v) is 5.57. The Hall–Kier alpha value is -2.55. The summed E-state index contributed by atoms with van der Waals surface area (Å²) in [5.41, 5.74) is 4.39. The molecule has 2 aliphatic rings. The molecular formula is C23H17BrN4OS2. The van der Waals surface area contributed by atoms with E-state index < -0.39 is 0 Å². The average molecular weight is 509 g/mol. The maximum atomic E-state index is 6.61. The van der Waals surface area contributed by atoms with Crippen molar-refractivity contribution in [2.75, 3.05) is 11.6 Å². The second-order valence-corrected chi connectivity index (χ2v) is 9.95. The van der Waals surface area contributed by atoms with Crippen molar-refractivity contribution in [2.45, 2.75) is 17.3 Å². The Morgan fingerprint density at radius 3 is 2.71 bits per heavy atom. The smallest absolute Gasteiger partial charge is 0.227 e. The van der Waals surface area contributed by atoms with Gasteiger partial charge in [-0.15, -0.1) is 16.4 Å². The number of thiophene rings is 1. The SMILES string of the molecule is CSc1nc2n(n1)[C@H](c1ccc(Br)cc1)C1=C(N2)c2ccccc2O[C@H]1c1cccs1. The number of ether oxygens (including phenoxy) is 1. The Morgan fingerprint density at radius 1 is 1.10 bits per heavy atom. The zero-order valence-corrected chi connectivity index (χ0v) is 19.7. The summed E-state index contributed by atoms with van der Waals surface area (Å²) in [6.07, 6.45) is 1.79. The minimum absolute atomic E-state index is 0.131. The predicted molar refractivity (Wildman–Crippen MR) is 129 cm³/mol. The predicted octanol–water partition coefficient (Wildman–Crippen LogP) is 6.38. The van der Waals surface area contributed by atoms with Gasteiger partial charge in [-0.2, -0.15) is 4.98 Å². The lowest BCUT2D eigenvalue weighted by atomic mass is 9.87. The van der Waals surface area contributed by atoms with Crippen LogP contribution in [-0.2, 0) is 0 Å². The summed E-state index contributed by atoms with van der Waals surface area (Å²) >= 11 is 6.81. The number of para-hydroxylation sites is 1. The molecule has 0 radical (unpaired) electrons. The summed E-state index contributed by atoms with van der Waals surface area (Å²) < 4.78 is 9.64. The number of anilines is 1. The molecule has 6 rings (SSSR count). The fraction of sp³-hybridized carbons (Fsp3) is 0.130. The number of aromatic nitrogens is 3. The van der Waals surface area contributed by atoms with Gasteiger partial charge in [0.2, 0.25) is 11.1 Å². The second kappa shape index (κ2) is 7.55. The van der Waals surface area contributed by atoms with E-state index in [1.165, 1.54) is 4.88 Å². The normalized spacial score (nSPS) is 19.2. The van der Waals surface area contributed by atoms with Crippen LogP contribution in [0.2, 0.25) is 0 Å². The highest BCUT2D eigenvalue weighted by Crippen LogP contribution is 2.51. The van der Waals surface area contributed by atoms with Gasteiger partial charge in [0, 0.05) is 20.5 Å². The summed E-state index contributed by atoms with van der Waals surface area (Å²) in [4.78, 5) is 5.90. The largest absolute Gasteiger partial charge is 0.480 e. The Balaban J connectivity index is 1.64. The van der Waals surface area contributed by atoms with Crippen molar-refractivity contribution in [3.8, 4) is 5.75 Å². The number of thioether (sulfide) groups is 1. The first-order valence-corrected chi connectivity index (χ1v) is 12.7. The van der Waals surface area contributed by atoms with Gasteiger partial charge in [-0.05, 0) is 47.5 Å². The lowest BCUT2D eigenvalue weighted by Crippen LogP contribution is -2.32. The van der Waals surface area contributed by atoms with Crippen LogP contribution in [0.15, 0.2) is 81.2 Å². The number of rotatable bonds is 3. The van der Waals surface area contributed by atoms with Crippen molar-refractivity contribution in [3.05, 3.63) is 92.1 Å². The number of fused-ring (bicyclic) bond motifs is 3. The van der Waals surface area contributed by atoms with Gasteiger partial charge in [0.15, 0.2) is 6.10 Å². The van der Waals surface area contributed by atoms with Crippen molar-refractivity contribution < 1.29 is 4.74 Å². The number of benzene rings is 2. The summed E-state index contributed by atoms with van der Waals surface area (Å²) in [6, 6.07) is 20.7. The van der Waals surface area contributed by atoms with Crippen LogP contribution in [-0.4, -0.2) is 21.0 Å². The molecule has 154 valence electrons. The van der Waals surface area contributed by atoms with Crippen LogP contribution in [0.3, 0.4) is 0 Å². The Labute approximate surface area is 196 Å². The third-order valence-corrected chi connectivity index (χ3v) is 7.51. The highest BCUT2D eigenvalue weighted by atomic mass is 79.9. The van der Waals surface area contributed by atoms with Gasteiger partial charge in [0.05, 0.1) is 5.70 Å². The van der Waals surface area contributed by atoms with E-state index in [-0.39, 0.29) is 12.1 Å². The van der Waals surface area contributed by atoms with Crippen LogP contribution in [0.4, 0.5) is 5.95 Å². The highest BCUT2D eigenvalue weighted by molar-refractivity contribution is 9.10. The lowest BCUT2D eigenvalue weighted by Gasteiger charge is -2.38. The maximum Gasteiger partial charge on any atom is 0.227 e. The monoisotopic (exact) mass is 508 g/mol. The summed E-state index contributed by atoms with van der Waals surface area (Å²) in [7, 11) is 0. The molecule has 0 amide bonds. The topological polar surface area (TPSA) is 52.0 Å². The van der Waals surface area contributed by atoms with Crippen molar-refractivity contribution >= 4 is 50.7 Å². The van der Waals surface area contributed by atoms with Crippen molar-refractivity contribution in [2.24, 2.45) is 0 Å². The van der Waals surface area contributed by atoms with E-state index in [2.05, 4.69) is 69.1 Å². The van der Waals surface area contributed by atoms with Gasteiger partial charge in [-0.1, -0.05) is 58.0 Å². The maximum absolute atomic E-state index is 6.61. The molecule has 2 aromatic carbocycles. The summed E-state index contributed by atoms with van der Waals surface area (Å²) in [5, 5.41) is 11.2. The third-order valence-electron chi connectivity index (χ3n) is 5.53. The van der Waals surface area contributed by atoms with Crippen LogP contribution in [0.25, 0.3) is 5.70 Å². The first-order chi connectivity index (χ1) is 15.2. The van der Waals surface area contributed by atoms with E-state index in [1.54, 1.807) is 23.1 Å². The van der Waals surface area contributed by atoms with E-state index >= 15 is 0 Å². The molecule has 2 atom stereocenters. The van der Waals surface area contributed by atoms with Gasteiger partial charge in [0.25, 0.3) is 0 Å². The zero-order chi connectivity index (χ0) is 20.9. The van der Waals surface area contributed by atoms with Crippen LogP contribution in [0.1, 0.15) is 28.1 Å². The molecule has 4 heterocycles. The zero-order valence-electron chi connectivity index (χ0n) is 16.4. The Morgan fingerprint density at radius 2 is 1.94 bits per heavy atom. The molecule has 4 aromatic rings. The van der Waals surface area contributed by atoms with Crippen LogP contribution < -0.4 is 10.1 Å². The summed E-state index contributed by atoms with van der Waals surface area (Å²) in [5.74, 6) is 1.62. The fourth-order valence-electron chi connectivity index (χ4n) is 4.19. The van der Waals surface area contributed by atoms with E-state index in [0.717, 1.165) is 43.7 Å². The quantitative estimate of drug-likeness (QED) is 0.325. The lowest BCUT2D eigenvalue weighted by molar-refractivity contribution is 0.226. The number of nitrogens with one attached hydrogen (secondary N) is 1. The van der Waals surface area contributed by atoms with Crippen molar-refractivity contribution in [3.63, 3.8) is 0 Å². The van der Waals surface area contributed by atoms with E-state index in [0.29, 0.717) is 0 Å². The minimum Gasteiger partial charge on any atom is -0.480 e. The molecule has 2 aromatic heterocycles. The van der Waals surface area contributed by atoms with Gasteiger partial charge >= 0.3 is 0 Å². The molecule has 0 saturated carbocycles. The Kier molecular flexibility index (Phi) is 4.66.